The molecule has 1 aliphatic heterocycles. The van der Waals surface area contributed by atoms with Gasteiger partial charge in [-0.15, -0.1) is 0 Å². The molecule has 0 bridgehead atoms. The van der Waals surface area contributed by atoms with Gasteiger partial charge in [-0.2, -0.15) is 0 Å². The van der Waals surface area contributed by atoms with Crippen molar-refractivity contribution in [3.05, 3.63) is 64.1 Å². The lowest BCUT2D eigenvalue weighted by Crippen LogP contribution is -2.39. The van der Waals surface area contributed by atoms with E-state index in [0.717, 1.165) is 52.8 Å². The van der Waals surface area contributed by atoms with Crippen molar-refractivity contribution in [2.24, 2.45) is 7.05 Å². The molecule has 5 rings (SSSR count). The topological polar surface area (TPSA) is 51.3 Å². The number of hydrogen-bond donors (Lipinski definition) is 0. The van der Waals surface area contributed by atoms with Crippen molar-refractivity contribution in [1.29, 1.82) is 0 Å². The number of hydrogen-bond acceptors (Lipinski definition) is 3. The maximum absolute atomic E-state index is 13.4. The van der Waals surface area contributed by atoms with Gasteiger partial charge in [-0.25, -0.2) is 4.98 Å². The van der Waals surface area contributed by atoms with Gasteiger partial charge in [0.2, 0.25) is 0 Å². The van der Waals surface area contributed by atoms with Gasteiger partial charge < -0.3 is 13.9 Å². The third-order valence-corrected chi connectivity index (χ3v) is 6.71. The van der Waals surface area contributed by atoms with Crippen molar-refractivity contribution in [2.75, 3.05) is 13.1 Å². The number of imidazole rings is 1. The largest absolute Gasteiger partial charge is 0.451 e. The van der Waals surface area contributed by atoms with Crippen molar-refractivity contribution in [3.8, 4) is 0 Å². The minimum Gasteiger partial charge on any atom is -0.451 e. The monoisotopic (exact) mass is 421 g/mol. The Labute approximate surface area is 180 Å². The molecule has 1 fully saturated rings. The molecule has 5 nitrogen and oxygen atoms in total. The number of furan rings is 1. The number of fused-ring (bicyclic) bond motifs is 2. The van der Waals surface area contributed by atoms with Crippen molar-refractivity contribution >= 4 is 39.5 Å². The molecule has 0 spiro atoms. The van der Waals surface area contributed by atoms with Gasteiger partial charge in [0, 0.05) is 42.0 Å². The SMILES string of the molecule is Cc1cc2oc(C(=O)N3CCCC(c4nc5ccccc5n4C)C3)c(C)c2cc1Cl. The fourth-order valence-corrected chi connectivity index (χ4v) is 4.75. The summed E-state index contributed by atoms with van der Waals surface area (Å²) in [6.07, 6.45) is 1.97. The smallest absolute Gasteiger partial charge is 0.289 e. The standard InChI is InChI=1S/C24H24ClN3O2/c1-14-11-21-17(12-18(14)25)15(2)22(30-21)24(29)28-10-6-7-16(13-28)23-26-19-8-4-5-9-20(19)27(23)3/h4-5,8-9,11-12,16H,6-7,10,13H2,1-3H3. The van der Waals surface area contributed by atoms with Gasteiger partial charge in [0.25, 0.3) is 5.91 Å². The summed E-state index contributed by atoms with van der Waals surface area (Å²) >= 11 is 6.29. The lowest BCUT2D eigenvalue weighted by atomic mass is 9.96. The van der Waals surface area contributed by atoms with Gasteiger partial charge >= 0.3 is 0 Å². The van der Waals surface area contributed by atoms with Crippen LogP contribution in [0.5, 0.6) is 0 Å². The van der Waals surface area contributed by atoms with Crippen molar-refractivity contribution in [3.63, 3.8) is 0 Å². The van der Waals surface area contributed by atoms with Gasteiger partial charge in [0.05, 0.1) is 11.0 Å². The van der Waals surface area contributed by atoms with Gasteiger partial charge in [-0.05, 0) is 56.5 Å². The van der Waals surface area contributed by atoms with E-state index < -0.39 is 0 Å². The van der Waals surface area contributed by atoms with Crippen LogP contribution in [0, 0.1) is 13.8 Å². The molecule has 0 N–H and O–H groups in total. The number of amides is 1. The summed E-state index contributed by atoms with van der Waals surface area (Å²) in [5.41, 5.74) is 4.62. The van der Waals surface area contributed by atoms with E-state index >= 15 is 0 Å². The summed E-state index contributed by atoms with van der Waals surface area (Å²) in [6, 6.07) is 12.0. The van der Waals surface area contributed by atoms with Crippen molar-refractivity contribution < 1.29 is 9.21 Å². The average molecular weight is 422 g/mol. The molecule has 1 atom stereocenters. The molecule has 1 aliphatic rings. The number of carbonyl (C=O) groups is 1. The van der Waals surface area contributed by atoms with Crippen LogP contribution in [0.25, 0.3) is 22.0 Å². The van der Waals surface area contributed by atoms with Gasteiger partial charge in [-0.3, -0.25) is 4.79 Å². The molecule has 1 unspecified atom stereocenters. The van der Waals surface area contributed by atoms with E-state index in [9.17, 15) is 4.79 Å². The highest BCUT2D eigenvalue weighted by atomic mass is 35.5. The second kappa shape index (κ2) is 7.17. The Morgan fingerprint density at radius 3 is 2.83 bits per heavy atom. The van der Waals surface area contributed by atoms with Crippen LogP contribution in [-0.2, 0) is 7.05 Å². The summed E-state index contributed by atoms with van der Waals surface area (Å²) in [5, 5.41) is 1.59. The van der Waals surface area contributed by atoms with E-state index in [-0.39, 0.29) is 11.8 Å². The van der Waals surface area contributed by atoms with Crippen LogP contribution in [0.1, 0.15) is 46.3 Å². The molecule has 1 amide bonds. The minimum atomic E-state index is -0.0547. The molecule has 0 aliphatic carbocycles. The summed E-state index contributed by atoms with van der Waals surface area (Å²) in [7, 11) is 2.06. The Balaban J connectivity index is 1.46. The van der Waals surface area contributed by atoms with Crippen LogP contribution in [0.4, 0.5) is 0 Å². The number of aryl methyl sites for hydroxylation is 3. The maximum atomic E-state index is 13.4. The number of aromatic nitrogens is 2. The molecule has 2 aromatic carbocycles. The first-order valence-corrected chi connectivity index (χ1v) is 10.7. The van der Waals surface area contributed by atoms with E-state index in [1.807, 2.05) is 49.1 Å². The number of benzene rings is 2. The van der Waals surface area contributed by atoms with Crippen LogP contribution in [-0.4, -0.2) is 33.4 Å². The zero-order valence-electron chi connectivity index (χ0n) is 17.4. The highest BCUT2D eigenvalue weighted by molar-refractivity contribution is 6.32. The molecule has 1 saturated heterocycles. The highest BCUT2D eigenvalue weighted by Crippen LogP contribution is 2.33. The van der Waals surface area contributed by atoms with Crippen LogP contribution in [0.3, 0.4) is 0 Å². The number of piperidine rings is 1. The van der Waals surface area contributed by atoms with Crippen LogP contribution in [0.2, 0.25) is 5.02 Å². The summed E-state index contributed by atoms with van der Waals surface area (Å²) in [6.45, 7) is 5.24. The van der Waals surface area contributed by atoms with Gasteiger partial charge in [0.15, 0.2) is 5.76 Å². The van der Waals surface area contributed by atoms with Crippen LogP contribution in [0.15, 0.2) is 40.8 Å². The third-order valence-electron chi connectivity index (χ3n) is 6.31. The fourth-order valence-electron chi connectivity index (χ4n) is 4.59. The predicted octanol–water partition coefficient (Wildman–Crippen LogP) is 5.61. The summed E-state index contributed by atoms with van der Waals surface area (Å²) in [4.78, 5) is 20.1. The molecule has 4 aromatic rings. The Morgan fingerprint density at radius 1 is 1.23 bits per heavy atom. The van der Waals surface area contributed by atoms with Crippen LogP contribution >= 0.6 is 11.6 Å². The molecule has 0 saturated carbocycles. The first-order valence-electron chi connectivity index (χ1n) is 10.3. The molecule has 3 heterocycles. The quantitative estimate of drug-likeness (QED) is 0.422. The number of carbonyl (C=O) groups excluding carboxylic acids is 1. The first kappa shape index (κ1) is 19.2. The second-order valence-corrected chi connectivity index (χ2v) is 8.67. The lowest BCUT2D eigenvalue weighted by Gasteiger charge is -2.32. The van der Waals surface area contributed by atoms with E-state index in [1.165, 1.54) is 0 Å². The zero-order chi connectivity index (χ0) is 21.0. The Kier molecular flexibility index (Phi) is 4.58. The highest BCUT2D eigenvalue weighted by Gasteiger charge is 2.31. The summed E-state index contributed by atoms with van der Waals surface area (Å²) in [5.74, 6) is 1.61. The summed E-state index contributed by atoms with van der Waals surface area (Å²) < 4.78 is 8.15. The van der Waals surface area contributed by atoms with Crippen LogP contribution < -0.4 is 0 Å². The number of halogens is 1. The molecular weight excluding hydrogens is 398 g/mol. The van der Waals surface area contributed by atoms with Gasteiger partial charge in [0.1, 0.15) is 11.4 Å². The number of para-hydroxylation sites is 2. The van der Waals surface area contributed by atoms with Gasteiger partial charge in [-0.1, -0.05) is 23.7 Å². The lowest BCUT2D eigenvalue weighted by molar-refractivity contribution is 0.0673. The van der Waals surface area contributed by atoms with Crippen molar-refractivity contribution in [1.82, 2.24) is 14.5 Å². The Morgan fingerprint density at radius 2 is 2.03 bits per heavy atom. The number of nitrogens with zero attached hydrogens (tertiary/aromatic N) is 3. The molecule has 2 aromatic heterocycles. The number of likely N-dealkylation sites (tertiary alicyclic amines) is 1. The Hall–Kier alpha value is -2.79. The van der Waals surface area contributed by atoms with Crippen molar-refractivity contribution in [2.45, 2.75) is 32.6 Å². The molecule has 6 heteroatoms. The number of rotatable bonds is 2. The van der Waals surface area contributed by atoms with E-state index in [0.29, 0.717) is 22.9 Å². The second-order valence-electron chi connectivity index (χ2n) is 8.26. The third kappa shape index (κ3) is 3.00. The minimum absolute atomic E-state index is 0.0547. The fraction of sp³-hybridized carbons (Fsp3) is 0.333. The maximum Gasteiger partial charge on any atom is 0.289 e. The average Bonchev–Trinajstić information content (AvgIpc) is 3.25. The molecular formula is C24H24ClN3O2. The predicted molar refractivity (Wildman–Crippen MR) is 119 cm³/mol. The molecule has 154 valence electrons. The zero-order valence-corrected chi connectivity index (χ0v) is 18.2. The Bertz CT molecular complexity index is 1290. The van der Waals surface area contributed by atoms with E-state index in [2.05, 4.69) is 17.7 Å². The van der Waals surface area contributed by atoms with E-state index in [1.54, 1.807) is 0 Å². The molecule has 0 radical (unpaired) electrons. The first-order chi connectivity index (χ1) is 14.4. The van der Waals surface area contributed by atoms with E-state index in [4.69, 9.17) is 21.0 Å². The molecule has 30 heavy (non-hydrogen) atoms. The normalized spacial score (nSPS) is 17.2.